The van der Waals surface area contributed by atoms with E-state index >= 15 is 0 Å². The molecule has 2 aromatic rings. The molecule has 2 rings (SSSR count). The van der Waals surface area contributed by atoms with E-state index in [1.165, 1.54) is 0 Å². The Kier molecular flexibility index (Phi) is 4.09. The number of hydrogen-bond acceptors (Lipinski definition) is 1. The SMILES string of the molecule is NC(Cc1ccccc1)c1cc(F)c(Br)cc1F. The lowest BCUT2D eigenvalue weighted by molar-refractivity contribution is 0.557. The Morgan fingerprint density at radius 1 is 1.06 bits per heavy atom. The van der Waals surface area contributed by atoms with Gasteiger partial charge in [-0.25, -0.2) is 8.78 Å². The molecular formula is C14H12BrF2N. The van der Waals surface area contributed by atoms with Crippen LogP contribution in [-0.2, 0) is 6.42 Å². The van der Waals surface area contributed by atoms with Crippen LogP contribution in [0.4, 0.5) is 8.78 Å². The first-order valence-electron chi connectivity index (χ1n) is 5.52. The maximum atomic E-state index is 13.7. The van der Waals surface area contributed by atoms with Gasteiger partial charge < -0.3 is 5.73 Å². The molecular weight excluding hydrogens is 300 g/mol. The van der Waals surface area contributed by atoms with E-state index in [0.29, 0.717) is 6.42 Å². The predicted octanol–water partition coefficient (Wildman–Crippen LogP) is 3.97. The van der Waals surface area contributed by atoms with Gasteiger partial charge in [-0.3, -0.25) is 0 Å². The Labute approximate surface area is 113 Å². The van der Waals surface area contributed by atoms with Gasteiger partial charge in [-0.2, -0.15) is 0 Å². The van der Waals surface area contributed by atoms with E-state index in [9.17, 15) is 8.78 Å². The number of nitrogens with two attached hydrogens (primary N) is 1. The quantitative estimate of drug-likeness (QED) is 0.853. The molecule has 0 heterocycles. The lowest BCUT2D eigenvalue weighted by Crippen LogP contribution is -2.15. The van der Waals surface area contributed by atoms with Crippen molar-refractivity contribution >= 4 is 15.9 Å². The smallest absolute Gasteiger partial charge is 0.137 e. The first kappa shape index (κ1) is 13.2. The Balaban J connectivity index is 2.24. The second-order valence-electron chi connectivity index (χ2n) is 4.08. The zero-order chi connectivity index (χ0) is 13.1. The van der Waals surface area contributed by atoms with Crippen molar-refractivity contribution in [2.75, 3.05) is 0 Å². The summed E-state index contributed by atoms with van der Waals surface area (Å²) in [5.74, 6) is -0.999. The molecule has 0 spiro atoms. The molecule has 94 valence electrons. The van der Waals surface area contributed by atoms with E-state index in [1.807, 2.05) is 30.3 Å². The third kappa shape index (κ3) is 2.94. The van der Waals surface area contributed by atoms with Gasteiger partial charge in [0.1, 0.15) is 11.6 Å². The molecule has 0 aromatic heterocycles. The summed E-state index contributed by atoms with van der Waals surface area (Å²) in [6.45, 7) is 0. The Morgan fingerprint density at radius 2 is 1.72 bits per heavy atom. The number of hydrogen-bond donors (Lipinski definition) is 1. The van der Waals surface area contributed by atoms with Crippen LogP contribution in [0.3, 0.4) is 0 Å². The molecule has 0 saturated carbocycles. The molecule has 0 aliphatic heterocycles. The van der Waals surface area contributed by atoms with Crippen molar-refractivity contribution in [1.82, 2.24) is 0 Å². The van der Waals surface area contributed by atoms with Crippen LogP contribution in [0.1, 0.15) is 17.2 Å². The predicted molar refractivity (Wildman–Crippen MR) is 71.1 cm³/mol. The van der Waals surface area contributed by atoms with Crippen molar-refractivity contribution < 1.29 is 8.78 Å². The zero-order valence-electron chi connectivity index (χ0n) is 9.54. The average Bonchev–Trinajstić information content (AvgIpc) is 2.35. The Hall–Kier alpha value is -1.26. The van der Waals surface area contributed by atoms with Gasteiger partial charge in [0.15, 0.2) is 0 Å². The van der Waals surface area contributed by atoms with Gasteiger partial charge in [0.25, 0.3) is 0 Å². The third-order valence-corrected chi connectivity index (χ3v) is 3.35. The summed E-state index contributed by atoms with van der Waals surface area (Å²) >= 11 is 2.94. The second-order valence-corrected chi connectivity index (χ2v) is 4.94. The van der Waals surface area contributed by atoms with E-state index < -0.39 is 17.7 Å². The molecule has 0 aliphatic rings. The molecule has 1 atom stereocenters. The highest BCUT2D eigenvalue weighted by Crippen LogP contribution is 2.25. The van der Waals surface area contributed by atoms with Crippen molar-refractivity contribution in [1.29, 1.82) is 0 Å². The van der Waals surface area contributed by atoms with Crippen LogP contribution in [0.2, 0.25) is 0 Å². The number of benzene rings is 2. The monoisotopic (exact) mass is 311 g/mol. The molecule has 18 heavy (non-hydrogen) atoms. The minimum atomic E-state index is -0.560. The topological polar surface area (TPSA) is 26.0 Å². The highest BCUT2D eigenvalue weighted by Gasteiger charge is 2.15. The largest absolute Gasteiger partial charge is 0.324 e. The normalized spacial score (nSPS) is 12.4. The molecule has 2 N–H and O–H groups in total. The fourth-order valence-electron chi connectivity index (χ4n) is 1.80. The number of rotatable bonds is 3. The summed E-state index contributed by atoms with van der Waals surface area (Å²) in [6.07, 6.45) is 0.471. The summed E-state index contributed by atoms with van der Waals surface area (Å²) < 4.78 is 27.2. The lowest BCUT2D eigenvalue weighted by atomic mass is 9.99. The fraction of sp³-hybridized carbons (Fsp3) is 0.143. The molecule has 0 amide bonds. The van der Waals surface area contributed by atoms with Gasteiger partial charge in [0.2, 0.25) is 0 Å². The van der Waals surface area contributed by atoms with Gasteiger partial charge in [-0.15, -0.1) is 0 Å². The highest BCUT2D eigenvalue weighted by atomic mass is 79.9. The average molecular weight is 312 g/mol. The lowest BCUT2D eigenvalue weighted by Gasteiger charge is -2.13. The molecule has 4 heteroatoms. The minimum Gasteiger partial charge on any atom is -0.324 e. The molecule has 0 bridgehead atoms. The molecule has 2 aromatic carbocycles. The third-order valence-electron chi connectivity index (χ3n) is 2.74. The van der Waals surface area contributed by atoms with Crippen LogP contribution in [0.5, 0.6) is 0 Å². The fourth-order valence-corrected chi connectivity index (χ4v) is 2.12. The van der Waals surface area contributed by atoms with Crippen LogP contribution >= 0.6 is 15.9 Å². The van der Waals surface area contributed by atoms with Crippen LogP contribution in [0.25, 0.3) is 0 Å². The Morgan fingerprint density at radius 3 is 2.39 bits per heavy atom. The first-order valence-corrected chi connectivity index (χ1v) is 6.31. The molecule has 1 unspecified atom stereocenters. The molecule has 0 radical (unpaired) electrons. The Bertz CT molecular complexity index is 543. The van der Waals surface area contributed by atoms with Gasteiger partial charge >= 0.3 is 0 Å². The summed E-state index contributed by atoms with van der Waals surface area (Å²) in [5, 5.41) is 0. The second kappa shape index (κ2) is 5.59. The first-order chi connectivity index (χ1) is 8.58. The van der Waals surface area contributed by atoms with Gasteiger partial charge in [0, 0.05) is 11.6 Å². The molecule has 1 nitrogen and oxygen atoms in total. The van der Waals surface area contributed by atoms with Crippen molar-refractivity contribution in [2.24, 2.45) is 5.73 Å². The molecule has 0 fully saturated rings. The van der Waals surface area contributed by atoms with E-state index in [2.05, 4.69) is 15.9 Å². The zero-order valence-corrected chi connectivity index (χ0v) is 11.1. The van der Waals surface area contributed by atoms with E-state index in [0.717, 1.165) is 17.7 Å². The van der Waals surface area contributed by atoms with Crippen molar-refractivity contribution in [2.45, 2.75) is 12.5 Å². The summed E-state index contributed by atoms with van der Waals surface area (Å²) in [4.78, 5) is 0. The van der Waals surface area contributed by atoms with Crippen LogP contribution in [0.15, 0.2) is 46.9 Å². The molecule has 0 aliphatic carbocycles. The summed E-state index contributed by atoms with van der Waals surface area (Å²) in [7, 11) is 0. The number of halogens is 3. The minimum absolute atomic E-state index is 0.107. The van der Waals surface area contributed by atoms with Crippen molar-refractivity contribution in [3.8, 4) is 0 Å². The van der Waals surface area contributed by atoms with Gasteiger partial charge in [-0.1, -0.05) is 30.3 Å². The highest BCUT2D eigenvalue weighted by molar-refractivity contribution is 9.10. The van der Waals surface area contributed by atoms with Gasteiger partial charge in [-0.05, 0) is 40.0 Å². The summed E-state index contributed by atoms with van der Waals surface area (Å²) in [6, 6.07) is 11.2. The molecule has 0 saturated heterocycles. The summed E-state index contributed by atoms with van der Waals surface area (Å²) in [5.41, 5.74) is 7.11. The van der Waals surface area contributed by atoms with E-state index in [-0.39, 0.29) is 10.0 Å². The van der Waals surface area contributed by atoms with Crippen LogP contribution in [0, 0.1) is 11.6 Å². The van der Waals surface area contributed by atoms with Gasteiger partial charge in [0.05, 0.1) is 4.47 Å². The standard InChI is InChI=1S/C14H12BrF2N/c15-11-8-12(16)10(7-13(11)17)14(18)6-9-4-2-1-3-5-9/h1-5,7-8,14H,6,18H2. The van der Waals surface area contributed by atoms with Crippen molar-refractivity contribution in [3.63, 3.8) is 0 Å². The van der Waals surface area contributed by atoms with Crippen LogP contribution in [-0.4, -0.2) is 0 Å². The maximum Gasteiger partial charge on any atom is 0.137 e. The van der Waals surface area contributed by atoms with Crippen molar-refractivity contribution in [3.05, 3.63) is 69.7 Å². The van der Waals surface area contributed by atoms with E-state index in [4.69, 9.17) is 5.73 Å². The van der Waals surface area contributed by atoms with Crippen LogP contribution < -0.4 is 5.73 Å². The maximum absolute atomic E-state index is 13.7. The van der Waals surface area contributed by atoms with E-state index in [1.54, 1.807) is 0 Å².